The minimum atomic E-state index is 0.478. The normalized spacial score (nSPS) is 28.1. The fourth-order valence-corrected chi connectivity index (χ4v) is 3.81. The van der Waals surface area contributed by atoms with E-state index >= 15 is 0 Å². The van der Waals surface area contributed by atoms with Crippen LogP contribution in [0.4, 0.5) is 0 Å². The number of benzene rings is 1. The molecule has 1 heterocycles. The van der Waals surface area contributed by atoms with Gasteiger partial charge in [-0.1, -0.05) is 24.3 Å². The van der Waals surface area contributed by atoms with E-state index in [1.807, 2.05) is 0 Å². The van der Waals surface area contributed by atoms with Crippen LogP contribution in [0.25, 0.3) is 0 Å². The molecule has 1 aromatic carbocycles. The molecule has 104 valence electrons. The van der Waals surface area contributed by atoms with Crippen LogP contribution in [0, 0.1) is 0 Å². The molecule has 0 radical (unpaired) electrons. The van der Waals surface area contributed by atoms with Crippen molar-refractivity contribution in [1.29, 1.82) is 0 Å². The van der Waals surface area contributed by atoms with Gasteiger partial charge in [0, 0.05) is 12.6 Å². The molecule has 1 saturated heterocycles. The predicted octanol–water partition coefficient (Wildman–Crippen LogP) is 3.26. The average Bonchev–Trinajstić information content (AvgIpc) is 2.97. The Morgan fingerprint density at radius 1 is 1.26 bits per heavy atom. The molecule has 1 aromatic rings. The molecule has 1 N–H and O–H groups in total. The Hall–Kier alpha value is -0.860. The highest BCUT2D eigenvalue weighted by Crippen LogP contribution is 2.36. The molecule has 19 heavy (non-hydrogen) atoms. The second kappa shape index (κ2) is 6.06. The predicted molar refractivity (Wildman–Crippen MR) is 78.6 cm³/mol. The summed E-state index contributed by atoms with van der Waals surface area (Å²) < 4.78 is 5.82. The van der Waals surface area contributed by atoms with Gasteiger partial charge in [-0.2, -0.15) is 0 Å². The van der Waals surface area contributed by atoms with Gasteiger partial charge in [0.1, 0.15) is 0 Å². The number of aryl methyl sites for hydroxylation is 1. The number of likely N-dealkylation sites (N-methyl/N-ethyl adjacent to an activating group) is 1. The van der Waals surface area contributed by atoms with Crippen molar-refractivity contribution in [2.24, 2.45) is 0 Å². The van der Waals surface area contributed by atoms with Crippen molar-refractivity contribution in [3.63, 3.8) is 0 Å². The summed E-state index contributed by atoms with van der Waals surface area (Å²) in [6.45, 7) is 0.961. The zero-order chi connectivity index (χ0) is 13.1. The summed E-state index contributed by atoms with van der Waals surface area (Å²) in [4.78, 5) is 0. The van der Waals surface area contributed by atoms with Crippen molar-refractivity contribution < 1.29 is 4.74 Å². The number of ether oxygens (including phenoxy) is 1. The lowest BCUT2D eigenvalue weighted by Gasteiger charge is -2.33. The number of hydrogen-bond donors (Lipinski definition) is 1. The van der Waals surface area contributed by atoms with Crippen LogP contribution in [0.3, 0.4) is 0 Å². The SMILES string of the molecule is CNC(CC1CCCO1)C1CCCc2ccccc21. The third-order valence-electron chi connectivity index (χ3n) is 4.81. The lowest BCUT2D eigenvalue weighted by molar-refractivity contribution is 0.0914. The summed E-state index contributed by atoms with van der Waals surface area (Å²) in [5.41, 5.74) is 3.14. The first-order valence-corrected chi connectivity index (χ1v) is 7.75. The fraction of sp³-hybridized carbons (Fsp3) is 0.647. The largest absolute Gasteiger partial charge is 0.378 e. The van der Waals surface area contributed by atoms with Crippen LogP contribution in [0.2, 0.25) is 0 Å². The summed E-state index contributed by atoms with van der Waals surface area (Å²) in [6, 6.07) is 9.56. The fourth-order valence-electron chi connectivity index (χ4n) is 3.81. The van der Waals surface area contributed by atoms with E-state index < -0.39 is 0 Å². The molecule has 0 spiro atoms. The van der Waals surface area contributed by atoms with Crippen molar-refractivity contribution in [1.82, 2.24) is 5.32 Å². The Labute approximate surface area is 116 Å². The summed E-state index contributed by atoms with van der Waals surface area (Å²) in [6.07, 6.45) is 8.01. The van der Waals surface area contributed by atoms with Crippen LogP contribution in [0.15, 0.2) is 24.3 Å². The summed E-state index contributed by atoms with van der Waals surface area (Å²) in [5, 5.41) is 3.56. The minimum absolute atomic E-state index is 0.478. The molecule has 3 unspecified atom stereocenters. The lowest BCUT2D eigenvalue weighted by Crippen LogP contribution is -2.37. The molecule has 0 aromatic heterocycles. The van der Waals surface area contributed by atoms with Gasteiger partial charge in [-0.25, -0.2) is 0 Å². The Kier molecular flexibility index (Phi) is 4.19. The van der Waals surface area contributed by atoms with E-state index in [1.54, 1.807) is 11.1 Å². The first-order valence-electron chi connectivity index (χ1n) is 7.75. The van der Waals surface area contributed by atoms with Crippen molar-refractivity contribution in [2.45, 2.75) is 56.6 Å². The number of nitrogens with one attached hydrogen (secondary N) is 1. The monoisotopic (exact) mass is 259 g/mol. The van der Waals surface area contributed by atoms with Crippen LogP contribution >= 0.6 is 0 Å². The number of rotatable bonds is 4. The van der Waals surface area contributed by atoms with E-state index in [0.29, 0.717) is 18.1 Å². The van der Waals surface area contributed by atoms with Gasteiger partial charge >= 0.3 is 0 Å². The zero-order valence-electron chi connectivity index (χ0n) is 11.9. The van der Waals surface area contributed by atoms with E-state index in [1.165, 1.54) is 32.1 Å². The van der Waals surface area contributed by atoms with Crippen LogP contribution in [0.1, 0.15) is 49.1 Å². The van der Waals surface area contributed by atoms with E-state index in [9.17, 15) is 0 Å². The smallest absolute Gasteiger partial charge is 0.0591 e. The van der Waals surface area contributed by atoms with Crippen LogP contribution in [-0.2, 0) is 11.2 Å². The molecular weight excluding hydrogens is 234 g/mol. The molecule has 1 aliphatic heterocycles. The molecule has 2 nitrogen and oxygen atoms in total. The number of hydrogen-bond acceptors (Lipinski definition) is 2. The maximum absolute atomic E-state index is 5.82. The molecule has 3 atom stereocenters. The first kappa shape index (κ1) is 13.1. The third-order valence-corrected chi connectivity index (χ3v) is 4.81. The molecule has 0 bridgehead atoms. The second-order valence-corrected chi connectivity index (χ2v) is 5.96. The number of fused-ring (bicyclic) bond motifs is 1. The Bertz CT molecular complexity index is 411. The quantitative estimate of drug-likeness (QED) is 0.896. The molecule has 0 amide bonds. The Balaban J connectivity index is 1.76. The van der Waals surface area contributed by atoms with E-state index in [2.05, 4.69) is 36.6 Å². The summed E-state index contributed by atoms with van der Waals surface area (Å²) in [7, 11) is 2.11. The maximum atomic E-state index is 5.82. The van der Waals surface area contributed by atoms with Gasteiger partial charge in [0.05, 0.1) is 6.10 Å². The molecule has 0 saturated carbocycles. The maximum Gasteiger partial charge on any atom is 0.0591 e. The van der Waals surface area contributed by atoms with Crippen LogP contribution in [-0.4, -0.2) is 25.8 Å². The van der Waals surface area contributed by atoms with Crippen molar-refractivity contribution in [3.8, 4) is 0 Å². The van der Waals surface area contributed by atoms with Gasteiger partial charge in [-0.3, -0.25) is 0 Å². The molecular formula is C17H25NO. The highest BCUT2D eigenvalue weighted by molar-refractivity contribution is 5.33. The topological polar surface area (TPSA) is 21.3 Å². The van der Waals surface area contributed by atoms with Gasteiger partial charge in [0.2, 0.25) is 0 Å². The lowest BCUT2D eigenvalue weighted by atomic mass is 9.77. The van der Waals surface area contributed by atoms with Crippen LogP contribution < -0.4 is 5.32 Å². The Morgan fingerprint density at radius 3 is 2.95 bits per heavy atom. The molecule has 2 aliphatic rings. The molecule has 1 fully saturated rings. The molecule has 1 aliphatic carbocycles. The average molecular weight is 259 g/mol. The van der Waals surface area contributed by atoms with Gasteiger partial charge in [-0.05, 0) is 62.6 Å². The third kappa shape index (κ3) is 2.85. The Morgan fingerprint density at radius 2 is 2.16 bits per heavy atom. The van der Waals surface area contributed by atoms with Gasteiger partial charge in [0.25, 0.3) is 0 Å². The second-order valence-electron chi connectivity index (χ2n) is 5.96. The minimum Gasteiger partial charge on any atom is -0.378 e. The van der Waals surface area contributed by atoms with Gasteiger partial charge < -0.3 is 10.1 Å². The standard InChI is InChI=1S/C17H25NO/c1-18-17(12-14-8-5-11-19-14)16-10-4-7-13-6-2-3-9-15(13)16/h2-3,6,9,14,16-18H,4-5,7-8,10-12H2,1H3. The molecule has 2 heteroatoms. The summed E-state index contributed by atoms with van der Waals surface area (Å²) in [5.74, 6) is 0.666. The van der Waals surface area contributed by atoms with Gasteiger partial charge in [0.15, 0.2) is 0 Å². The highest BCUT2D eigenvalue weighted by Gasteiger charge is 2.29. The zero-order valence-corrected chi connectivity index (χ0v) is 11.9. The van der Waals surface area contributed by atoms with Crippen molar-refractivity contribution in [3.05, 3.63) is 35.4 Å². The molecule has 3 rings (SSSR count). The van der Waals surface area contributed by atoms with Crippen molar-refractivity contribution >= 4 is 0 Å². The van der Waals surface area contributed by atoms with E-state index in [4.69, 9.17) is 4.74 Å². The first-order chi connectivity index (χ1) is 9.38. The van der Waals surface area contributed by atoms with E-state index in [0.717, 1.165) is 13.0 Å². The highest BCUT2D eigenvalue weighted by atomic mass is 16.5. The van der Waals surface area contributed by atoms with E-state index in [-0.39, 0.29) is 0 Å². The summed E-state index contributed by atoms with van der Waals surface area (Å²) >= 11 is 0. The van der Waals surface area contributed by atoms with Crippen molar-refractivity contribution in [2.75, 3.05) is 13.7 Å². The van der Waals surface area contributed by atoms with Crippen LogP contribution in [0.5, 0.6) is 0 Å². The van der Waals surface area contributed by atoms with Gasteiger partial charge in [-0.15, -0.1) is 0 Å².